The molecule has 16 heavy (non-hydrogen) atoms. The molecule has 0 unspecified atom stereocenters. The Bertz CT molecular complexity index is 78.6. The third kappa shape index (κ3) is 1420. The van der Waals surface area contributed by atoms with Crippen molar-refractivity contribution in [3.8, 4) is 0 Å². The van der Waals surface area contributed by atoms with Crippen LogP contribution in [-0.2, 0) is 0 Å². The molecule has 0 saturated heterocycles. The van der Waals surface area contributed by atoms with Gasteiger partial charge in [0, 0.05) is 0 Å². The molecule has 98 valence electrons. The Morgan fingerprint density at radius 2 is 0.750 bits per heavy atom. The van der Waals surface area contributed by atoms with Crippen molar-refractivity contribution in [2.24, 2.45) is 0 Å². The van der Waals surface area contributed by atoms with Gasteiger partial charge in [-0.2, -0.15) is 0 Å². The van der Waals surface area contributed by atoms with E-state index < -0.39 is 0 Å². The Hall–Kier alpha value is 1.52. The Kier molecular flexibility index (Phi) is 27.0. The van der Waals surface area contributed by atoms with Crippen LogP contribution in [0.15, 0.2) is 0 Å². The molecule has 0 saturated carbocycles. The van der Waals surface area contributed by atoms with E-state index in [1.54, 1.807) is 0 Å². The molecule has 0 spiro atoms. The van der Waals surface area contributed by atoms with Crippen molar-refractivity contribution in [2.75, 3.05) is 0 Å². The minimum atomic E-state index is -0.250. The second-order valence-corrected chi connectivity index (χ2v) is 11.2. The molecule has 0 aromatic carbocycles. The van der Waals surface area contributed by atoms with Gasteiger partial charge in [0.15, 0.2) is 0 Å². The predicted molar refractivity (Wildman–Crippen MR) is 83.1 cm³/mol. The van der Waals surface area contributed by atoms with Crippen LogP contribution in [0.4, 0.5) is 0 Å². The van der Waals surface area contributed by atoms with Gasteiger partial charge in [-0.05, 0) is 0 Å². The van der Waals surface area contributed by atoms with E-state index in [4.69, 9.17) is 11.5 Å². The molecule has 4 heteroatoms. The van der Waals surface area contributed by atoms with Gasteiger partial charge in [-0.3, -0.25) is 0 Å². The van der Waals surface area contributed by atoms with Crippen LogP contribution in [0.1, 0.15) is 41.5 Å². The van der Waals surface area contributed by atoms with Gasteiger partial charge < -0.3 is 11.5 Å². The molecular formula is C12H32N2Sn2. The molecule has 0 fully saturated rings. The Morgan fingerprint density at radius 3 is 0.750 bits per heavy atom. The molecular weight excluding hydrogens is 410 g/mol. The topological polar surface area (TPSA) is 47.6 Å². The molecule has 0 atom stereocenters. The van der Waals surface area contributed by atoms with Crippen molar-refractivity contribution in [2.45, 2.75) is 72.4 Å². The third-order valence-electron chi connectivity index (χ3n) is 0. The monoisotopic (exact) mass is 444 g/mol. The molecule has 0 rings (SSSR count). The van der Waals surface area contributed by atoms with E-state index >= 15 is 0 Å². The van der Waals surface area contributed by atoms with E-state index in [-0.39, 0.29) is 53.4 Å². The molecule has 0 aliphatic rings. The summed E-state index contributed by atoms with van der Waals surface area (Å²) in [6.07, 6.45) is 0. The summed E-state index contributed by atoms with van der Waals surface area (Å²) in [7, 11) is 0. The van der Waals surface area contributed by atoms with Crippen LogP contribution in [-0.4, -0.2) is 53.4 Å². The van der Waals surface area contributed by atoms with Crippen molar-refractivity contribution in [1.82, 2.24) is 0 Å². The predicted octanol–water partition coefficient (Wildman–Crippen LogP) is 5.25. The zero-order valence-corrected chi connectivity index (χ0v) is 18.7. The summed E-state index contributed by atoms with van der Waals surface area (Å²) in [5.41, 5.74) is 13.4. The normalized spacial score (nSPS) is 9.25. The summed E-state index contributed by atoms with van der Waals surface area (Å²) in [6, 6.07) is 0. The van der Waals surface area contributed by atoms with Gasteiger partial charge in [0.25, 0.3) is 0 Å². The van der Waals surface area contributed by atoms with Gasteiger partial charge >= 0.3 is 62.0 Å². The Labute approximate surface area is 125 Å². The first-order valence-electron chi connectivity index (χ1n) is 5.50. The zero-order chi connectivity index (χ0) is 14.4. The molecule has 0 bridgehead atoms. The zero-order valence-electron chi connectivity index (χ0n) is 13.0. The van der Waals surface area contributed by atoms with Gasteiger partial charge in [0.2, 0.25) is 0 Å². The first-order chi connectivity index (χ1) is 6.83. The molecule has 2 nitrogen and oxygen atoms in total. The molecule has 0 aromatic rings. The number of nitrogens with one attached hydrogen (secondary N) is 2. The van der Waals surface area contributed by atoms with Gasteiger partial charge in [-0.1, -0.05) is 41.5 Å². The van der Waals surface area contributed by atoms with Crippen LogP contribution in [0.3, 0.4) is 0 Å². The maximum absolute atomic E-state index is 6.94. The summed E-state index contributed by atoms with van der Waals surface area (Å²) >= 11 is 0.460. The van der Waals surface area contributed by atoms with Crippen molar-refractivity contribution < 1.29 is 0 Å². The van der Waals surface area contributed by atoms with E-state index in [9.17, 15) is 0 Å². The molecule has 0 heterocycles. The summed E-state index contributed by atoms with van der Waals surface area (Å²) in [5.74, 6) is 0. The van der Waals surface area contributed by atoms with E-state index in [0.717, 1.165) is 0 Å². The summed E-state index contributed by atoms with van der Waals surface area (Å²) in [5, 5.41) is 0. The van der Waals surface area contributed by atoms with E-state index in [0.29, 0.717) is 0 Å². The number of rotatable bonds is 0. The number of hydrogen-bond donors (Lipinski definition) is 0. The maximum atomic E-state index is 6.94. The standard InChI is InChI=1S/2C4H10N.4CH3.2Sn/c2*1-4(2,3)5;;;;;;/h2*5H,1-3H3;4*1H3;;/q2*-1;;;;;;+2. The first kappa shape index (κ1) is 26.2. The summed E-state index contributed by atoms with van der Waals surface area (Å²) < 4.78 is 0. The summed E-state index contributed by atoms with van der Waals surface area (Å²) in [4.78, 5) is 9.18. The van der Waals surface area contributed by atoms with Crippen molar-refractivity contribution in [3.05, 3.63) is 11.5 Å². The number of hydrogen-bond acceptors (Lipinski definition) is 0. The van der Waals surface area contributed by atoms with Crippen LogP contribution in [0.25, 0.3) is 11.5 Å². The first-order valence-corrected chi connectivity index (χ1v) is 16.9. The molecule has 0 amide bonds. The van der Waals surface area contributed by atoms with Crippen LogP contribution < -0.4 is 0 Å². The fourth-order valence-corrected chi connectivity index (χ4v) is 0. The molecule has 0 aromatic heterocycles. The van der Waals surface area contributed by atoms with Crippen LogP contribution in [0, 0.1) is 0 Å². The molecule has 2 radical (unpaired) electrons. The minimum absolute atomic E-state index is 0.230. The van der Waals surface area contributed by atoms with Crippen molar-refractivity contribution >= 4 is 42.3 Å². The van der Waals surface area contributed by atoms with E-state index in [1.807, 2.05) is 41.5 Å². The average molecular weight is 442 g/mol. The Morgan fingerprint density at radius 1 is 0.750 bits per heavy atom. The fourth-order valence-electron chi connectivity index (χ4n) is 0. The Balaban J connectivity index is -0.0000000621. The summed E-state index contributed by atoms with van der Waals surface area (Å²) in [6.45, 7) is 11.1. The fraction of sp³-hybridized carbons (Fsp3) is 1.00. The SMILES string of the molecule is CC(C)(C)[NH-].CC(C)(C)[NH-].[CH3][Sn+2][CH3].[CH3][Sn][CH3]. The average Bonchev–Trinajstić information content (AvgIpc) is 1.79. The van der Waals surface area contributed by atoms with E-state index in [2.05, 4.69) is 19.8 Å². The van der Waals surface area contributed by atoms with Crippen LogP contribution in [0.2, 0.25) is 19.8 Å². The van der Waals surface area contributed by atoms with Gasteiger partial charge in [-0.25, -0.2) is 0 Å². The second-order valence-electron chi connectivity index (χ2n) is 5.50. The second kappa shape index (κ2) is 16.5. The van der Waals surface area contributed by atoms with Gasteiger partial charge in [0.05, 0.1) is 0 Å². The quantitative estimate of drug-likeness (QED) is 0.461. The van der Waals surface area contributed by atoms with Crippen LogP contribution in [0.5, 0.6) is 0 Å². The van der Waals surface area contributed by atoms with Gasteiger partial charge in [-0.15, -0.1) is 11.1 Å². The van der Waals surface area contributed by atoms with Gasteiger partial charge in [0.1, 0.15) is 0 Å². The molecule has 0 aliphatic carbocycles. The van der Waals surface area contributed by atoms with Crippen LogP contribution >= 0.6 is 0 Å². The molecule has 0 aliphatic heterocycles. The third-order valence-corrected chi connectivity index (χ3v) is 0. The van der Waals surface area contributed by atoms with Crippen molar-refractivity contribution in [3.63, 3.8) is 0 Å². The molecule has 2 N–H and O–H groups in total. The van der Waals surface area contributed by atoms with Crippen molar-refractivity contribution in [1.29, 1.82) is 0 Å². The van der Waals surface area contributed by atoms with E-state index in [1.165, 1.54) is 0 Å².